The Balaban J connectivity index is 1.20. The molecule has 0 aliphatic carbocycles. The fourth-order valence-corrected chi connectivity index (χ4v) is 5.52. The standard InChI is InChI=1S/C29H29FN6O2/c1-2-35-12-3-4-21(35)17-33-29(38)23-8-6-20(15-24(23)30)34-25-9-10-26(36-13-11-31-27(25)36)18-5-7-22-19(14-18)16-32-28(22)37/h5-11,13-15,21,34H,2-4,12,16-17H2,1H3,(H,32,37)(H,33,38). The Morgan fingerprint density at radius 2 is 2.08 bits per heavy atom. The van der Waals surface area contributed by atoms with Gasteiger partial charge < -0.3 is 16.0 Å². The molecule has 2 aliphatic rings. The maximum atomic E-state index is 15.0. The SMILES string of the molecule is CCN1CCCC1CNC(=O)c1ccc(Nc2ccc(-c3ccc4c(c3)CNC4=O)n3ccnc23)cc1F. The molecule has 2 amide bonds. The molecule has 6 rings (SSSR count). The molecule has 0 radical (unpaired) electrons. The number of likely N-dealkylation sites (tertiary alicyclic amines) is 1. The lowest BCUT2D eigenvalue weighted by Crippen LogP contribution is -2.40. The van der Waals surface area contributed by atoms with Gasteiger partial charge in [-0.25, -0.2) is 9.37 Å². The largest absolute Gasteiger partial charge is 0.352 e. The van der Waals surface area contributed by atoms with Crippen molar-refractivity contribution in [3.8, 4) is 11.3 Å². The van der Waals surface area contributed by atoms with Gasteiger partial charge in [0.1, 0.15) is 5.82 Å². The fraction of sp³-hybridized carbons (Fsp3) is 0.276. The second kappa shape index (κ2) is 9.90. The second-order valence-corrected chi connectivity index (χ2v) is 9.76. The quantitative estimate of drug-likeness (QED) is 0.343. The number of pyridine rings is 1. The highest BCUT2D eigenvalue weighted by atomic mass is 19.1. The van der Waals surface area contributed by atoms with Gasteiger partial charge >= 0.3 is 0 Å². The Morgan fingerprint density at radius 3 is 2.92 bits per heavy atom. The van der Waals surface area contributed by atoms with Crippen molar-refractivity contribution in [1.82, 2.24) is 24.9 Å². The number of nitrogens with zero attached hydrogens (tertiary/aromatic N) is 3. The molecule has 194 valence electrons. The number of carbonyl (C=O) groups excluding carboxylic acids is 2. The number of halogens is 1. The number of anilines is 2. The van der Waals surface area contributed by atoms with E-state index in [2.05, 4.69) is 32.8 Å². The van der Waals surface area contributed by atoms with Crippen LogP contribution in [0.3, 0.4) is 0 Å². The van der Waals surface area contributed by atoms with Crippen LogP contribution in [-0.4, -0.2) is 51.8 Å². The normalized spacial score (nSPS) is 17.0. The van der Waals surface area contributed by atoms with Crippen LogP contribution in [-0.2, 0) is 6.54 Å². The summed E-state index contributed by atoms with van der Waals surface area (Å²) in [5, 5.41) is 8.98. The van der Waals surface area contributed by atoms with Crippen LogP contribution in [0, 0.1) is 5.82 Å². The monoisotopic (exact) mass is 512 g/mol. The Kier molecular flexibility index (Phi) is 6.29. The van der Waals surface area contributed by atoms with Gasteiger partial charge in [-0.1, -0.05) is 13.0 Å². The van der Waals surface area contributed by atoms with Crippen molar-refractivity contribution in [1.29, 1.82) is 0 Å². The van der Waals surface area contributed by atoms with E-state index >= 15 is 0 Å². The Hall–Kier alpha value is -4.24. The molecule has 0 spiro atoms. The van der Waals surface area contributed by atoms with E-state index in [1.54, 1.807) is 12.3 Å². The highest BCUT2D eigenvalue weighted by Gasteiger charge is 2.24. The summed E-state index contributed by atoms with van der Waals surface area (Å²) in [7, 11) is 0. The summed E-state index contributed by atoms with van der Waals surface area (Å²) in [6.45, 7) is 5.15. The number of carbonyl (C=O) groups is 2. The lowest BCUT2D eigenvalue weighted by molar-refractivity contribution is 0.0935. The first-order chi connectivity index (χ1) is 18.5. The molecule has 1 saturated heterocycles. The smallest absolute Gasteiger partial charge is 0.254 e. The number of rotatable bonds is 7. The number of hydrogen-bond donors (Lipinski definition) is 3. The minimum absolute atomic E-state index is 0.0301. The van der Waals surface area contributed by atoms with Crippen LogP contribution in [0.15, 0.2) is 60.9 Å². The summed E-state index contributed by atoms with van der Waals surface area (Å²) in [4.78, 5) is 31.4. The van der Waals surface area contributed by atoms with Crippen LogP contribution in [0.4, 0.5) is 15.8 Å². The van der Waals surface area contributed by atoms with Crippen molar-refractivity contribution in [3.05, 3.63) is 83.4 Å². The molecule has 9 heteroatoms. The molecule has 1 unspecified atom stereocenters. The van der Waals surface area contributed by atoms with Crippen LogP contribution in [0.25, 0.3) is 16.9 Å². The lowest BCUT2D eigenvalue weighted by Gasteiger charge is -2.22. The molecule has 2 aromatic carbocycles. The molecule has 4 aromatic rings. The van der Waals surface area contributed by atoms with Gasteiger partial charge in [-0.2, -0.15) is 0 Å². The van der Waals surface area contributed by atoms with Gasteiger partial charge in [0.2, 0.25) is 0 Å². The minimum Gasteiger partial charge on any atom is -0.352 e. The number of imidazole rings is 1. The van der Waals surface area contributed by atoms with E-state index in [0.717, 1.165) is 42.8 Å². The predicted molar refractivity (Wildman–Crippen MR) is 144 cm³/mol. The van der Waals surface area contributed by atoms with Crippen molar-refractivity contribution in [2.75, 3.05) is 25.0 Å². The summed E-state index contributed by atoms with van der Waals surface area (Å²) < 4.78 is 16.9. The molecule has 3 N–H and O–H groups in total. The van der Waals surface area contributed by atoms with Crippen molar-refractivity contribution >= 4 is 28.8 Å². The van der Waals surface area contributed by atoms with E-state index in [-0.39, 0.29) is 11.5 Å². The third kappa shape index (κ3) is 4.39. The molecule has 38 heavy (non-hydrogen) atoms. The van der Waals surface area contributed by atoms with Gasteiger partial charge in [0.25, 0.3) is 11.8 Å². The molecule has 1 fully saturated rings. The maximum absolute atomic E-state index is 15.0. The first-order valence-electron chi connectivity index (χ1n) is 13.0. The summed E-state index contributed by atoms with van der Waals surface area (Å²) >= 11 is 0. The van der Waals surface area contributed by atoms with Crippen LogP contribution in [0.2, 0.25) is 0 Å². The molecule has 4 heterocycles. The average Bonchev–Trinajstić information content (AvgIpc) is 3.67. The van der Waals surface area contributed by atoms with Crippen molar-refractivity contribution in [2.45, 2.75) is 32.4 Å². The fourth-order valence-electron chi connectivity index (χ4n) is 5.52. The van der Waals surface area contributed by atoms with Gasteiger partial charge in [-0.3, -0.25) is 18.9 Å². The zero-order valence-corrected chi connectivity index (χ0v) is 21.1. The van der Waals surface area contributed by atoms with Crippen LogP contribution >= 0.6 is 0 Å². The molecule has 2 aliphatic heterocycles. The summed E-state index contributed by atoms with van der Waals surface area (Å²) in [5.41, 5.74) is 5.49. The maximum Gasteiger partial charge on any atom is 0.254 e. The molecule has 2 aromatic heterocycles. The first kappa shape index (κ1) is 24.1. The van der Waals surface area contributed by atoms with Gasteiger partial charge in [-0.15, -0.1) is 0 Å². The van der Waals surface area contributed by atoms with E-state index in [4.69, 9.17) is 0 Å². The van der Waals surface area contributed by atoms with Gasteiger partial charge in [0.15, 0.2) is 5.65 Å². The van der Waals surface area contributed by atoms with Crippen LogP contribution in [0.5, 0.6) is 0 Å². The predicted octanol–water partition coefficient (Wildman–Crippen LogP) is 4.34. The molecule has 0 saturated carbocycles. The lowest BCUT2D eigenvalue weighted by atomic mass is 10.0. The molecule has 0 bridgehead atoms. The number of hydrogen-bond acceptors (Lipinski definition) is 5. The highest BCUT2D eigenvalue weighted by molar-refractivity contribution is 5.99. The van der Waals surface area contributed by atoms with E-state index in [1.165, 1.54) is 12.1 Å². The first-order valence-corrected chi connectivity index (χ1v) is 13.0. The van der Waals surface area contributed by atoms with Crippen molar-refractivity contribution in [2.24, 2.45) is 0 Å². The summed E-state index contributed by atoms with van der Waals surface area (Å²) in [5.74, 6) is -1.03. The number of nitrogens with one attached hydrogen (secondary N) is 3. The average molecular weight is 513 g/mol. The van der Waals surface area contributed by atoms with Crippen molar-refractivity contribution < 1.29 is 14.0 Å². The molecular weight excluding hydrogens is 483 g/mol. The highest BCUT2D eigenvalue weighted by Crippen LogP contribution is 2.30. The Labute approximate surface area is 219 Å². The zero-order chi connectivity index (χ0) is 26.2. The van der Waals surface area contributed by atoms with E-state index in [1.807, 2.05) is 40.9 Å². The molecule has 8 nitrogen and oxygen atoms in total. The summed E-state index contributed by atoms with van der Waals surface area (Å²) in [6.07, 6.45) is 5.74. The molecular formula is C29H29FN6O2. The number of amides is 2. The third-order valence-electron chi connectivity index (χ3n) is 7.53. The van der Waals surface area contributed by atoms with E-state index in [9.17, 15) is 14.0 Å². The van der Waals surface area contributed by atoms with E-state index < -0.39 is 11.7 Å². The Morgan fingerprint density at radius 1 is 1.18 bits per heavy atom. The van der Waals surface area contributed by atoms with Gasteiger partial charge in [-0.05, 0) is 79.5 Å². The molecule has 1 atom stereocenters. The number of fused-ring (bicyclic) bond motifs is 2. The number of benzene rings is 2. The second-order valence-electron chi connectivity index (χ2n) is 9.76. The summed E-state index contributed by atoms with van der Waals surface area (Å²) in [6, 6.07) is 14.5. The van der Waals surface area contributed by atoms with Crippen LogP contribution in [0.1, 0.15) is 46.0 Å². The number of aromatic nitrogens is 2. The van der Waals surface area contributed by atoms with E-state index in [0.29, 0.717) is 41.7 Å². The van der Waals surface area contributed by atoms with Crippen LogP contribution < -0.4 is 16.0 Å². The Bertz CT molecular complexity index is 1550. The third-order valence-corrected chi connectivity index (χ3v) is 7.53. The number of likely N-dealkylation sites (N-methyl/N-ethyl adjacent to an activating group) is 1. The minimum atomic E-state index is -0.580. The van der Waals surface area contributed by atoms with Crippen molar-refractivity contribution in [3.63, 3.8) is 0 Å². The zero-order valence-electron chi connectivity index (χ0n) is 21.1. The van der Waals surface area contributed by atoms with Gasteiger partial charge in [0.05, 0.1) is 16.9 Å². The van der Waals surface area contributed by atoms with Gasteiger partial charge in [0, 0.05) is 42.8 Å². The topological polar surface area (TPSA) is 90.8 Å².